The van der Waals surface area contributed by atoms with E-state index in [1.807, 2.05) is 6.92 Å². The summed E-state index contributed by atoms with van der Waals surface area (Å²) in [7, 11) is 3.78. The molecule has 43 nitrogen and oxygen atoms in total. The highest BCUT2D eigenvalue weighted by atomic mass is 32.2. The third kappa shape index (κ3) is 28.0. The number of para-hydroxylation sites is 2. The molecule has 0 saturated carbocycles. The molecule has 8 rings (SSSR count). The maximum absolute atomic E-state index is 15.5. The number of aliphatic hydroxyl groups excluding tert-OH is 3. The molecule has 44 heteroatoms. The number of H-pyrrole nitrogens is 2. The first-order valence-corrected chi connectivity index (χ1v) is 43.8. The second-order valence-electron chi connectivity index (χ2n) is 32.9. The van der Waals surface area contributed by atoms with E-state index in [2.05, 4.69) is 68.5 Å². The van der Waals surface area contributed by atoms with E-state index in [1.165, 1.54) is 59.3 Å². The number of hydrogen-bond acceptors (Lipinski definition) is 23. The molecule has 3 aromatic carbocycles. The van der Waals surface area contributed by atoms with Gasteiger partial charge in [0.15, 0.2) is 5.96 Å². The van der Waals surface area contributed by atoms with Crippen molar-refractivity contribution in [3.8, 4) is 5.75 Å². The van der Waals surface area contributed by atoms with Gasteiger partial charge in [-0.3, -0.25) is 86.9 Å². The third-order valence-corrected chi connectivity index (χ3v) is 23.9. The Hall–Kier alpha value is -13.0. The number of fused-ring (bicyclic) bond motifs is 4. The number of amides is 17. The number of aliphatic hydroxyl groups is 3. The molecule has 0 aliphatic carbocycles. The van der Waals surface area contributed by atoms with Crippen molar-refractivity contribution in [1.29, 1.82) is 5.41 Å². The average Bonchev–Trinajstić information content (AvgIpc) is 1.72. The molecule has 3 aliphatic rings. The van der Waals surface area contributed by atoms with Gasteiger partial charge in [0.05, 0.1) is 38.0 Å². The molecule has 17 amide bonds. The monoisotopic (exact) mass is 1820 g/mol. The van der Waals surface area contributed by atoms with Gasteiger partial charge in [-0.05, 0) is 99.2 Å². The molecule has 5 aromatic rings. The molecule has 0 bridgehead atoms. The number of benzene rings is 3. The number of rotatable bonds is 22. The summed E-state index contributed by atoms with van der Waals surface area (Å²) < 4.78 is 0. The Morgan fingerprint density at radius 2 is 1.05 bits per heavy atom. The number of carbonyl (C=O) groups is 17. The fourth-order valence-electron chi connectivity index (χ4n) is 15.5. The molecular formula is C85H120N22O21S. The molecule has 3 aliphatic heterocycles. The average molecular weight is 1820 g/mol. The first-order chi connectivity index (χ1) is 61.2. The smallest absolute Gasteiger partial charge is 0.246 e. The van der Waals surface area contributed by atoms with Crippen molar-refractivity contribution in [2.75, 3.05) is 72.0 Å². The Kier molecular flexibility index (Phi) is 37.5. The lowest BCUT2D eigenvalue weighted by molar-refractivity contribution is -0.149. The molecule has 0 radical (unpaired) electrons. The number of nitrogens with one attached hydrogen (secondary N) is 14. The maximum atomic E-state index is 15.5. The number of carbonyl (C=O) groups excluding carboxylic acids is 17. The quantitative estimate of drug-likeness (QED) is 0.0175. The number of guanidine groups is 1. The highest BCUT2D eigenvalue weighted by molar-refractivity contribution is 8.00. The lowest BCUT2D eigenvalue weighted by Crippen LogP contribution is -2.61. The highest BCUT2D eigenvalue weighted by Gasteiger charge is 2.46. The molecular weight excluding hydrogens is 1700 g/mol. The Balaban J connectivity index is 1.17. The maximum Gasteiger partial charge on any atom is 0.246 e. The zero-order valence-electron chi connectivity index (χ0n) is 73.3. The van der Waals surface area contributed by atoms with Crippen LogP contribution in [0.2, 0.25) is 0 Å². The normalized spacial score (nSPS) is 25.4. The number of nitrogens with two attached hydrogens (primary N) is 3. The summed E-state index contributed by atoms with van der Waals surface area (Å²) in [5, 5.41) is 80.5. The van der Waals surface area contributed by atoms with Gasteiger partial charge in [-0.15, -0.1) is 11.8 Å². The first-order valence-electron chi connectivity index (χ1n) is 42.6. The zero-order valence-corrected chi connectivity index (χ0v) is 74.1. The van der Waals surface area contributed by atoms with E-state index in [4.69, 9.17) is 22.6 Å². The number of phenols is 1. The van der Waals surface area contributed by atoms with Gasteiger partial charge >= 0.3 is 0 Å². The van der Waals surface area contributed by atoms with E-state index < -0.39 is 254 Å². The second kappa shape index (κ2) is 47.7. The van der Waals surface area contributed by atoms with Gasteiger partial charge in [0, 0.05) is 106 Å². The van der Waals surface area contributed by atoms with Gasteiger partial charge in [-0.1, -0.05) is 82.1 Å². The van der Waals surface area contributed by atoms with Crippen LogP contribution in [-0.2, 0) is 101 Å². The fraction of sp³-hybridized carbons (Fsp3) is 0.529. The van der Waals surface area contributed by atoms with Gasteiger partial charge in [0.25, 0.3) is 0 Å². The van der Waals surface area contributed by atoms with Crippen LogP contribution >= 0.6 is 11.8 Å². The van der Waals surface area contributed by atoms with Crippen LogP contribution in [0.3, 0.4) is 0 Å². The van der Waals surface area contributed by atoms with E-state index in [1.54, 1.807) is 74.8 Å². The van der Waals surface area contributed by atoms with E-state index >= 15 is 28.8 Å². The van der Waals surface area contributed by atoms with Crippen LogP contribution in [0.4, 0.5) is 0 Å². The summed E-state index contributed by atoms with van der Waals surface area (Å²) in [5.74, 6) is -18.8. The van der Waals surface area contributed by atoms with E-state index in [9.17, 15) is 73.2 Å². The number of aromatic nitrogens is 2. The summed E-state index contributed by atoms with van der Waals surface area (Å²) in [4.78, 5) is 258. The number of unbranched alkanes of at least 4 members (excludes halogenated alkanes) is 1. The van der Waals surface area contributed by atoms with Crippen LogP contribution in [0.25, 0.3) is 21.8 Å². The Labute approximate surface area is 748 Å². The fourth-order valence-corrected chi connectivity index (χ4v) is 16.4. The van der Waals surface area contributed by atoms with Gasteiger partial charge in [0.1, 0.15) is 90.3 Å². The van der Waals surface area contributed by atoms with Crippen LogP contribution in [0.5, 0.6) is 5.75 Å². The van der Waals surface area contributed by atoms with Crippen molar-refractivity contribution in [2.24, 2.45) is 23.1 Å². The Morgan fingerprint density at radius 1 is 0.543 bits per heavy atom. The number of likely N-dealkylation sites (N-methyl/N-ethyl adjacent to an activating group) is 3. The number of aromatic amines is 2. The molecule has 15 atom stereocenters. The van der Waals surface area contributed by atoms with Gasteiger partial charge in [-0.2, -0.15) is 0 Å². The number of phenolic OH excluding ortho intramolecular Hbond substituents is 1. The van der Waals surface area contributed by atoms with Gasteiger partial charge in [0.2, 0.25) is 100 Å². The van der Waals surface area contributed by atoms with Crippen molar-refractivity contribution in [3.05, 3.63) is 102 Å². The molecule has 1 unspecified atom stereocenters. The minimum absolute atomic E-state index is 0.0210. The summed E-state index contributed by atoms with van der Waals surface area (Å²) in [6.45, 7) is 4.21. The lowest BCUT2D eigenvalue weighted by Gasteiger charge is -2.35. The molecule has 3 fully saturated rings. The number of hydrogen-bond donors (Lipinski definition) is 21. The van der Waals surface area contributed by atoms with Crippen LogP contribution < -0.4 is 75.7 Å². The van der Waals surface area contributed by atoms with Crippen molar-refractivity contribution in [1.82, 2.24) is 93.0 Å². The minimum atomic E-state index is -1.90. The summed E-state index contributed by atoms with van der Waals surface area (Å²) in [5.41, 5.74) is 19.2. The molecule has 0 spiro atoms. The highest BCUT2D eigenvalue weighted by Crippen LogP contribution is 2.27. The second-order valence-corrected chi connectivity index (χ2v) is 33.9. The van der Waals surface area contributed by atoms with Gasteiger partial charge in [-0.25, -0.2) is 0 Å². The topological polar surface area (TPSA) is 653 Å². The SMILES string of the molecule is CCCC[C@H]1C(=O)N(C)[C@@H](C)C(=O)N[C@@H](CCCNC(=N)N)C(=O)NC(C(=O)NCC(N)=O)CSCC(=O)N[C@@H](Cc2ccc(O)cc2)C(=O)N(C)[C@@H](C)C(=O)N[C@@H](CC(N)=O)C(=O)N2CCC[C@H]2C(=O)N[C@@H](CO)C(=O)N[C@H](CC(C)C)C(=O)N2C[C@H](O)C[C@H]2C(=O)N[C@@H](Cc2c[nH]c3ccccc23)C(=O)N[C@@H](CO)C(=O)N[C@@H](Cc2c[nH]c3ccccc23)C(=O)N1C. The summed E-state index contributed by atoms with van der Waals surface area (Å²) >= 11 is 0.744. The van der Waals surface area contributed by atoms with Crippen molar-refractivity contribution in [2.45, 2.75) is 209 Å². The van der Waals surface area contributed by atoms with E-state index in [0.717, 1.165) is 36.3 Å². The molecule has 2 aromatic heterocycles. The van der Waals surface area contributed by atoms with Crippen molar-refractivity contribution < 1.29 is 102 Å². The van der Waals surface area contributed by atoms with Crippen molar-refractivity contribution in [3.63, 3.8) is 0 Å². The Bertz CT molecular complexity index is 4890. The summed E-state index contributed by atoms with van der Waals surface area (Å²) in [6, 6.07) is -2.94. The number of primary amides is 2. The summed E-state index contributed by atoms with van der Waals surface area (Å²) in [6.07, 6.45) is 0.208. The van der Waals surface area contributed by atoms with Crippen LogP contribution in [0.15, 0.2) is 85.2 Å². The predicted molar refractivity (Wildman–Crippen MR) is 471 cm³/mol. The van der Waals surface area contributed by atoms with E-state index in [0.29, 0.717) is 51.3 Å². The number of thioether (sulfide) groups is 1. The predicted octanol–water partition coefficient (Wildman–Crippen LogP) is -5.07. The number of nitrogens with zero attached hydrogens (tertiary/aromatic N) is 5. The lowest BCUT2D eigenvalue weighted by atomic mass is 10.0. The van der Waals surface area contributed by atoms with Crippen LogP contribution in [0.1, 0.15) is 116 Å². The molecule has 24 N–H and O–H groups in total. The standard InChI is InChI=1S/C85H120N22O21S/c1-9-10-22-66-84(128)104(7)46(5)71(115)95-56(21-15-28-90-85(88)89)74(118)102-64(73(117)93-38-69(87)113)42-129-43-70(114)94-59(31-47-24-26-50(110)27-25-47)80(124)103(6)45(4)72(116)97-61(35-68(86)112)82(126)106-29-16-23-65(106)78(122)101-63(41-109)77(121)98-58(30-44(2)3)83(127)107-39-51(111)34-67(107)79(123)96-57(32-48-36-91-54-19-13-11-17-52(48)54)75(119)100-62(40-108)76(120)99-60(81(125)105(66)8)33-49-37-92-55-20-14-12-18-53(49)55/h11-14,17-20,24-27,36-37,44-46,51,56-67,91-92,108-111H,9-10,15-16,21-23,28-35,38-43H2,1-8H3,(H2,86,112)(H2,87,113)(H,93,117)(H,94,114)(H,95,115)(H,96,123)(H,97,116)(H,98,121)(H,99,120)(H,100,119)(H,101,122)(H,102,118)(H4,88,89,90)/t45-,46-,51+,56-,57-,58+,59-,60-,61-,62-,63-,64?,65-,66-,67-/m0/s1. The molecule has 5 heterocycles. The largest absolute Gasteiger partial charge is 0.508 e. The third-order valence-electron chi connectivity index (χ3n) is 22.9. The van der Waals surface area contributed by atoms with E-state index in [-0.39, 0.29) is 76.6 Å². The van der Waals surface area contributed by atoms with Crippen LogP contribution in [0, 0.1) is 11.3 Å². The number of aromatic hydroxyl groups is 1. The van der Waals surface area contributed by atoms with Crippen molar-refractivity contribution >= 4 is 140 Å². The molecule has 129 heavy (non-hydrogen) atoms. The molecule has 3 saturated heterocycles. The van der Waals surface area contributed by atoms with Crippen LogP contribution in [-0.4, -0.2) is 324 Å². The first kappa shape index (κ1) is 101. The Morgan fingerprint density at radius 3 is 1.62 bits per heavy atom. The van der Waals surface area contributed by atoms with Gasteiger partial charge < -0.3 is 131 Å². The zero-order chi connectivity index (χ0) is 94.8. The molecule has 702 valence electrons. The minimum Gasteiger partial charge on any atom is -0.508 e.